The van der Waals surface area contributed by atoms with Gasteiger partial charge in [0.2, 0.25) is 0 Å². The first kappa shape index (κ1) is 15.6. The number of fused-ring (bicyclic) bond motifs is 2. The van der Waals surface area contributed by atoms with Crippen molar-refractivity contribution in [2.24, 2.45) is 0 Å². The average molecular weight is 333 g/mol. The minimum absolute atomic E-state index is 0.232. The van der Waals surface area contributed by atoms with Gasteiger partial charge in [0.1, 0.15) is 6.04 Å². The highest BCUT2D eigenvalue weighted by Gasteiger charge is 2.25. The first-order chi connectivity index (χ1) is 12.2. The molecule has 4 rings (SSSR count). The van der Waals surface area contributed by atoms with E-state index in [-0.39, 0.29) is 11.9 Å². The van der Waals surface area contributed by atoms with Crippen LogP contribution in [0.25, 0.3) is 21.5 Å². The average Bonchev–Trinajstić information content (AvgIpc) is 2.84. The number of carbonyl (C=O) groups excluding carboxylic acids is 2. The predicted octanol–water partition coefficient (Wildman–Crippen LogP) is 3.82. The smallest absolute Gasteiger partial charge is 0.328 e. The van der Waals surface area contributed by atoms with Crippen LogP contribution >= 0.6 is 0 Å². The zero-order chi connectivity index (χ0) is 17.2. The van der Waals surface area contributed by atoms with E-state index in [0.717, 1.165) is 34.4 Å². The lowest BCUT2D eigenvalue weighted by molar-refractivity contribution is -0.144. The second-order valence-corrected chi connectivity index (χ2v) is 6.42. The maximum absolute atomic E-state index is 12.8. The van der Waals surface area contributed by atoms with E-state index in [1.807, 2.05) is 36.4 Å². The van der Waals surface area contributed by atoms with E-state index in [2.05, 4.69) is 17.4 Å². The summed E-state index contributed by atoms with van der Waals surface area (Å²) in [7, 11) is 0. The molecule has 1 unspecified atom stereocenters. The number of benzene rings is 3. The van der Waals surface area contributed by atoms with Crippen LogP contribution in [0, 0.1) is 0 Å². The molecule has 0 bridgehead atoms. The van der Waals surface area contributed by atoms with Crippen molar-refractivity contribution in [2.75, 3.05) is 6.61 Å². The summed E-state index contributed by atoms with van der Waals surface area (Å²) in [4.78, 5) is 24.8. The summed E-state index contributed by atoms with van der Waals surface area (Å²) in [6.07, 6.45) is 2.34. The molecule has 1 fully saturated rings. The minimum Gasteiger partial charge on any atom is -0.464 e. The molecule has 3 aromatic carbocycles. The van der Waals surface area contributed by atoms with Gasteiger partial charge in [-0.25, -0.2) is 4.79 Å². The van der Waals surface area contributed by atoms with Gasteiger partial charge in [-0.2, -0.15) is 0 Å². The highest BCUT2D eigenvalue weighted by atomic mass is 16.5. The van der Waals surface area contributed by atoms with Gasteiger partial charge in [-0.05, 0) is 59.0 Å². The molecule has 4 nitrogen and oxygen atoms in total. The van der Waals surface area contributed by atoms with Crippen molar-refractivity contribution in [2.45, 2.75) is 25.3 Å². The highest BCUT2D eigenvalue weighted by molar-refractivity contribution is 6.11. The number of hydrogen-bond acceptors (Lipinski definition) is 3. The second kappa shape index (κ2) is 6.55. The molecule has 0 aromatic heterocycles. The summed E-state index contributed by atoms with van der Waals surface area (Å²) in [5, 5.41) is 6.98. The molecule has 1 aliphatic heterocycles. The third-order valence-electron chi connectivity index (χ3n) is 4.71. The normalized spacial score (nSPS) is 17.9. The summed E-state index contributed by atoms with van der Waals surface area (Å²) < 4.78 is 5.14. The summed E-state index contributed by atoms with van der Waals surface area (Å²) in [6, 6.07) is 17.3. The maximum atomic E-state index is 12.8. The van der Waals surface area contributed by atoms with Crippen LogP contribution in [0.4, 0.5) is 0 Å². The Labute approximate surface area is 145 Å². The molecule has 126 valence electrons. The Kier molecular flexibility index (Phi) is 4.10. The van der Waals surface area contributed by atoms with Gasteiger partial charge in [-0.1, -0.05) is 36.4 Å². The van der Waals surface area contributed by atoms with Gasteiger partial charge in [0.15, 0.2) is 0 Å². The van der Waals surface area contributed by atoms with Crippen molar-refractivity contribution in [1.82, 2.24) is 5.32 Å². The molecule has 1 saturated heterocycles. The van der Waals surface area contributed by atoms with Gasteiger partial charge in [0, 0.05) is 5.56 Å². The zero-order valence-electron chi connectivity index (χ0n) is 13.8. The Morgan fingerprint density at radius 3 is 2.56 bits per heavy atom. The molecular weight excluding hydrogens is 314 g/mol. The number of esters is 1. The van der Waals surface area contributed by atoms with Crippen LogP contribution in [0.3, 0.4) is 0 Å². The van der Waals surface area contributed by atoms with E-state index in [0.29, 0.717) is 18.6 Å². The van der Waals surface area contributed by atoms with E-state index in [4.69, 9.17) is 4.74 Å². The molecule has 4 heteroatoms. The third kappa shape index (κ3) is 3.07. The summed E-state index contributed by atoms with van der Waals surface area (Å²) in [5.41, 5.74) is 0.584. The quantitative estimate of drug-likeness (QED) is 0.573. The predicted molar refractivity (Wildman–Crippen MR) is 97.5 cm³/mol. The fourth-order valence-corrected chi connectivity index (χ4v) is 3.37. The molecule has 25 heavy (non-hydrogen) atoms. The van der Waals surface area contributed by atoms with Gasteiger partial charge in [0.25, 0.3) is 5.91 Å². The summed E-state index contributed by atoms with van der Waals surface area (Å²) in [6.45, 7) is 0.436. The lowest BCUT2D eigenvalue weighted by atomic mass is 9.99. The van der Waals surface area contributed by atoms with Crippen molar-refractivity contribution in [3.8, 4) is 0 Å². The molecule has 1 aliphatic rings. The molecule has 1 N–H and O–H groups in total. The van der Waals surface area contributed by atoms with Crippen LogP contribution in [0.2, 0.25) is 0 Å². The summed E-state index contributed by atoms with van der Waals surface area (Å²) >= 11 is 0. The topological polar surface area (TPSA) is 55.4 Å². The Morgan fingerprint density at radius 1 is 0.960 bits per heavy atom. The van der Waals surface area contributed by atoms with E-state index >= 15 is 0 Å². The van der Waals surface area contributed by atoms with Crippen molar-refractivity contribution in [1.29, 1.82) is 0 Å². The highest BCUT2D eigenvalue weighted by Crippen LogP contribution is 2.25. The minimum atomic E-state index is -0.564. The molecule has 1 atom stereocenters. The number of carbonyl (C=O) groups is 2. The SMILES string of the molecule is O=C(NC1CCCCOC1=O)c1cccc2cc3ccccc3cc12. The monoisotopic (exact) mass is 333 g/mol. The number of hydrogen-bond donors (Lipinski definition) is 1. The number of cyclic esters (lactones) is 1. The number of nitrogens with one attached hydrogen (secondary N) is 1. The van der Waals surface area contributed by atoms with Crippen molar-refractivity contribution < 1.29 is 14.3 Å². The van der Waals surface area contributed by atoms with Crippen LogP contribution in [0.5, 0.6) is 0 Å². The fraction of sp³-hybridized carbons (Fsp3) is 0.238. The second-order valence-electron chi connectivity index (χ2n) is 6.42. The van der Waals surface area contributed by atoms with Crippen molar-refractivity contribution in [3.05, 3.63) is 60.2 Å². The van der Waals surface area contributed by atoms with Crippen LogP contribution in [0.1, 0.15) is 29.6 Å². The van der Waals surface area contributed by atoms with Gasteiger partial charge in [-0.15, -0.1) is 0 Å². The van der Waals surface area contributed by atoms with E-state index < -0.39 is 6.04 Å². The maximum Gasteiger partial charge on any atom is 0.328 e. The Balaban J connectivity index is 1.71. The van der Waals surface area contributed by atoms with Crippen LogP contribution in [0.15, 0.2) is 54.6 Å². The Morgan fingerprint density at radius 2 is 1.72 bits per heavy atom. The zero-order valence-corrected chi connectivity index (χ0v) is 13.8. The first-order valence-corrected chi connectivity index (χ1v) is 8.61. The largest absolute Gasteiger partial charge is 0.464 e. The number of amides is 1. The van der Waals surface area contributed by atoms with Crippen LogP contribution in [-0.4, -0.2) is 24.5 Å². The van der Waals surface area contributed by atoms with Crippen molar-refractivity contribution >= 4 is 33.4 Å². The molecule has 0 saturated carbocycles. The number of rotatable bonds is 2. The van der Waals surface area contributed by atoms with Crippen molar-refractivity contribution in [3.63, 3.8) is 0 Å². The molecule has 1 amide bonds. The fourth-order valence-electron chi connectivity index (χ4n) is 3.37. The standard InChI is InChI=1S/C21H19NO3/c23-20(22-19-10-3-4-11-25-21(19)24)17-9-5-8-16-12-14-6-1-2-7-15(14)13-18(16)17/h1-2,5-9,12-13,19H,3-4,10-11H2,(H,22,23). The molecule has 0 spiro atoms. The Bertz CT molecular complexity index is 964. The van der Waals surface area contributed by atoms with E-state index in [9.17, 15) is 9.59 Å². The lowest BCUT2D eigenvalue weighted by Crippen LogP contribution is -2.41. The van der Waals surface area contributed by atoms with E-state index in [1.165, 1.54) is 0 Å². The van der Waals surface area contributed by atoms with Crippen LogP contribution < -0.4 is 5.32 Å². The van der Waals surface area contributed by atoms with Gasteiger partial charge in [0.05, 0.1) is 6.61 Å². The number of ether oxygens (including phenoxy) is 1. The molecule has 1 heterocycles. The molecule has 0 aliphatic carbocycles. The first-order valence-electron chi connectivity index (χ1n) is 8.61. The van der Waals surface area contributed by atoms with Gasteiger partial charge < -0.3 is 10.1 Å². The van der Waals surface area contributed by atoms with Gasteiger partial charge in [-0.3, -0.25) is 4.79 Å². The van der Waals surface area contributed by atoms with Gasteiger partial charge >= 0.3 is 5.97 Å². The Hall–Kier alpha value is -2.88. The summed E-state index contributed by atoms with van der Waals surface area (Å²) in [5.74, 6) is -0.568. The van der Waals surface area contributed by atoms with Crippen LogP contribution in [-0.2, 0) is 9.53 Å². The molecular formula is C21H19NO3. The van der Waals surface area contributed by atoms with E-state index in [1.54, 1.807) is 6.07 Å². The lowest BCUT2D eigenvalue weighted by Gasteiger charge is -2.15. The third-order valence-corrected chi connectivity index (χ3v) is 4.71. The molecule has 3 aromatic rings. The molecule has 0 radical (unpaired) electrons.